The van der Waals surface area contributed by atoms with Crippen molar-refractivity contribution in [3.8, 4) is 6.07 Å². The number of hydrogen-bond donors (Lipinski definition) is 1. The summed E-state index contributed by atoms with van der Waals surface area (Å²) >= 11 is 6.06. The number of carbonyl (C=O) groups is 1. The molecule has 0 amide bonds. The molecule has 0 aliphatic carbocycles. The van der Waals surface area contributed by atoms with Gasteiger partial charge in [0.1, 0.15) is 5.82 Å². The van der Waals surface area contributed by atoms with Gasteiger partial charge in [0.2, 0.25) is 0 Å². The van der Waals surface area contributed by atoms with Crippen molar-refractivity contribution in [2.75, 3.05) is 5.32 Å². The van der Waals surface area contributed by atoms with Gasteiger partial charge >= 0.3 is 0 Å². The third-order valence-electron chi connectivity index (χ3n) is 3.02. The number of carbonyl (C=O) groups excluding carboxylic acids is 1. The molecule has 5 heteroatoms. The molecule has 2 heterocycles. The first-order valence-corrected chi connectivity index (χ1v) is 6.04. The quantitative estimate of drug-likeness (QED) is 0.798. The molecular weight excluding hydrogens is 262 g/mol. The maximum atomic E-state index is 12.2. The van der Waals surface area contributed by atoms with Gasteiger partial charge in [-0.05, 0) is 29.8 Å². The van der Waals surface area contributed by atoms with Crippen LogP contribution in [0, 0.1) is 11.3 Å². The molecule has 0 radical (unpaired) electrons. The molecule has 0 atom stereocenters. The number of halogens is 1. The van der Waals surface area contributed by atoms with E-state index in [0.29, 0.717) is 22.0 Å². The number of rotatable bonds is 0. The first-order valence-electron chi connectivity index (χ1n) is 5.67. The SMILES string of the molecule is N#Cc1ccc2c(c1)CC(=O)c1c(Cl)ccnc1N2. The highest BCUT2D eigenvalue weighted by molar-refractivity contribution is 6.34. The van der Waals surface area contributed by atoms with Gasteiger partial charge in [-0.25, -0.2) is 4.98 Å². The minimum absolute atomic E-state index is 0.102. The topological polar surface area (TPSA) is 65.8 Å². The van der Waals surface area contributed by atoms with E-state index in [1.807, 2.05) is 0 Å². The van der Waals surface area contributed by atoms with Gasteiger partial charge in [-0.1, -0.05) is 11.6 Å². The van der Waals surface area contributed by atoms with Crippen molar-refractivity contribution in [1.29, 1.82) is 5.26 Å². The molecule has 1 aromatic heterocycles. The largest absolute Gasteiger partial charge is 0.339 e. The zero-order valence-electron chi connectivity index (χ0n) is 9.77. The van der Waals surface area contributed by atoms with Gasteiger partial charge in [0.05, 0.1) is 22.2 Å². The third-order valence-corrected chi connectivity index (χ3v) is 3.33. The second-order valence-corrected chi connectivity index (χ2v) is 4.63. The molecule has 1 N–H and O–H groups in total. The average Bonchev–Trinajstić information content (AvgIpc) is 2.54. The first-order chi connectivity index (χ1) is 9.19. The monoisotopic (exact) mass is 269 g/mol. The molecule has 3 rings (SSSR count). The summed E-state index contributed by atoms with van der Waals surface area (Å²) in [7, 11) is 0. The van der Waals surface area contributed by atoms with E-state index in [-0.39, 0.29) is 12.2 Å². The van der Waals surface area contributed by atoms with Crippen LogP contribution in [0.25, 0.3) is 0 Å². The lowest BCUT2D eigenvalue weighted by Gasteiger charge is -2.08. The first kappa shape index (κ1) is 11.7. The van der Waals surface area contributed by atoms with Crippen molar-refractivity contribution in [2.24, 2.45) is 0 Å². The lowest BCUT2D eigenvalue weighted by Crippen LogP contribution is -2.04. The molecule has 19 heavy (non-hydrogen) atoms. The summed E-state index contributed by atoms with van der Waals surface area (Å²) in [5, 5.41) is 12.4. The number of Topliss-reactive ketones (excluding diaryl/α,β-unsaturated/α-hetero) is 1. The molecule has 4 nitrogen and oxygen atoms in total. The maximum Gasteiger partial charge on any atom is 0.172 e. The van der Waals surface area contributed by atoms with Crippen LogP contribution < -0.4 is 5.32 Å². The van der Waals surface area contributed by atoms with E-state index < -0.39 is 0 Å². The van der Waals surface area contributed by atoms with Crippen LogP contribution in [0.3, 0.4) is 0 Å². The number of aromatic nitrogens is 1. The predicted octanol–water partition coefficient (Wildman–Crippen LogP) is 3.09. The molecule has 0 unspecified atom stereocenters. The molecule has 0 spiro atoms. The molecule has 2 aromatic rings. The van der Waals surface area contributed by atoms with Gasteiger partial charge in [-0.15, -0.1) is 0 Å². The van der Waals surface area contributed by atoms with Crippen LogP contribution in [0.15, 0.2) is 30.5 Å². The summed E-state index contributed by atoms with van der Waals surface area (Å²) < 4.78 is 0. The number of anilines is 2. The van der Waals surface area contributed by atoms with Gasteiger partial charge in [0.25, 0.3) is 0 Å². The van der Waals surface area contributed by atoms with Crippen molar-refractivity contribution in [1.82, 2.24) is 4.98 Å². The fourth-order valence-corrected chi connectivity index (χ4v) is 2.37. The van der Waals surface area contributed by atoms with E-state index >= 15 is 0 Å². The Balaban J connectivity index is 2.18. The fourth-order valence-electron chi connectivity index (χ4n) is 2.12. The van der Waals surface area contributed by atoms with E-state index in [2.05, 4.69) is 16.4 Å². The van der Waals surface area contributed by atoms with Crippen LogP contribution >= 0.6 is 11.6 Å². The molecule has 1 aliphatic rings. The highest BCUT2D eigenvalue weighted by Crippen LogP contribution is 2.32. The molecule has 0 fully saturated rings. The summed E-state index contributed by atoms with van der Waals surface area (Å²) in [4.78, 5) is 16.4. The molecule has 0 saturated heterocycles. The number of nitrogens with one attached hydrogen (secondary N) is 1. The number of hydrogen-bond acceptors (Lipinski definition) is 4. The lowest BCUT2D eigenvalue weighted by atomic mass is 10.0. The number of fused-ring (bicyclic) bond motifs is 2. The van der Waals surface area contributed by atoms with E-state index in [4.69, 9.17) is 16.9 Å². The smallest absolute Gasteiger partial charge is 0.172 e. The number of nitriles is 1. The highest BCUT2D eigenvalue weighted by Gasteiger charge is 2.22. The van der Waals surface area contributed by atoms with Crippen molar-refractivity contribution >= 4 is 28.9 Å². The molecule has 1 aliphatic heterocycles. The number of benzene rings is 1. The Kier molecular flexibility index (Phi) is 2.69. The van der Waals surface area contributed by atoms with E-state index in [0.717, 1.165) is 11.3 Å². The van der Waals surface area contributed by atoms with E-state index in [9.17, 15) is 4.79 Å². The Morgan fingerprint density at radius 3 is 3.00 bits per heavy atom. The minimum Gasteiger partial charge on any atom is -0.339 e. The summed E-state index contributed by atoms with van der Waals surface area (Å²) in [6.45, 7) is 0. The van der Waals surface area contributed by atoms with Crippen LogP contribution in [-0.2, 0) is 6.42 Å². The second-order valence-electron chi connectivity index (χ2n) is 4.23. The highest BCUT2D eigenvalue weighted by atomic mass is 35.5. The lowest BCUT2D eigenvalue weighted by molar-refractivity contribution is 0.0994. The third kappa shape index (κ3) is 1.94. The van der Waals surface area contributed by atoms with Gasteiger partial charge in [-0.2, -0.15) is 5.26 Å². The number of ketones is 1. The predicted molar refractivity (Wildman–Crippen MR) is 71.7 cm³/mol. The summed E-state index contributed by atoms with van der Waals surface area (Å²) in [5.41, 5.74) is 2.48. The molecular formula is C14H8ClN3O. The van der Waals surface area contributed by atoms with E-state index in [1.165, 1.54) is 0 Å². The average molecular weight is 270 g/mol. The summed E-state index contributed by atoms with van der Waals surface area (Å²) in [6.07, 6.45) is 1.76. The second kappa shape index (κ2) is 4.38. The molecule has 1 aromatic carbocycles. The van der Waals surface area contributed by atoms with Crippen molar-refractivity contribution in [2.45, 2.75) is 6.42 Å². The van der Waals surface area contributed by atoms with Crippen molar-refractivity contribution in [3.63, 3.8) is 0 Å². The van der Waals surface area contributed by atoms with Crippen molar-refractivity contribution in [3.05, 3.63) is 52.2 Å². The van der Waals surface area contributed by atoms with Gasteiger partial charge in [0.15, 0.2) is 5.78 Å². The van der Waals surface area contributed by atoms with Gasteiger partial charge < -0.3 is 5.32 Å². The van der Waals surface area contributed by atoms with Gasteiger partial charge in [-0.3, -0.25) is 4.79 Å². The minimum atomic E-state index is -0.102. The maximum absolute atomic E-state index is 12.2. The normalized spacial score (nSPS) is 12.7. The van der Waals surface area contributed by atoms with Crippen LogP contribution in [0.1, 0.15) is 21.5 Å². The fraction of sp³-hybridized carbons (Fsp3) is 0.0714. The van der Waals surface area contributed by atoms with Crippen LogP contribution in [0.4, 0.5) is 11.5 Å². The summed E-state index contributed by atoms with van der Waals surface area (Å²) in [6, 6.07) is 8.84. The standard InChI is InChI=1S/C14H8ClN3O/c15-10-3-4-17-14-13(10)12(19)6-9-5-8(7-16)1-2-11(9)18-14/h1-5H,6H2,(H,17,18). The van der Waals surface area contributed by atoms with Crippen molar-refractivity contribution < 1.29 is 4.79 Å². The molecule has 0 bridgehead atoms. The zero-order valence-corrected chi connectivity index (χ0v) is 10.5. The Morgan fingerprint density at radius 2 is 2.21 bits per heavy atom. The Hall–Kier alpha value is -2.38. The van der Waals surface area contributed by atoms with Crippen LogP contribution in [0.5, 0.6) is 0 Å². The summed E-state index contributed by atoms with van der Waals surface area (Å²) in [5.74, 6) is 0.357. The Labute approximate surface area is 114 Å². The Bertz CT molecular complexity index is 734. The van der Waals surface area contributed by atoms with Crippen LogP contribution in [-0.4, -0.2) is 10.8 Å². The number of pyridine rings is 1. The molecule has 92 valence electrons. The van der Waals surface area contributed by atoms with E-state index in [1.54, 1.807) is 30.5 Å². The Morgan fingerprint density at radius 1 is 1.37 bits per heavy atom. The van der Waals surface area contributed by atoms with Crippen LogP contribution in [0.2, 0.25) is 5.02 Å². The molecule has 0 saturated carbocycles. The zero-order chi connectivity index (χ0) is 13.4. The number of nitrogens with zero attached hydrogens (tertiary/aromatic N) is 2. The van der Waals surface area contributed by atoms with Gasteiger partial charge in [0, 0.05) is 18.3 Å².